The number of halogens is 1. The fourth-order valence-electron chi connectivity index (χ4n) is 1.30. The maximum Gasteiger partial charge on any atom is 0.166 e. The van der Waals surface area contributed by atoms with E-state index in [1.165, 1.54) is 0 Å². The lowest BCUT2D eigenvalue weighted by Gasteiger charge is -2.07. The van der Waals surface area contributed by atoms with Crippen molar-refractivity contribution in [3.05, 3.63) is 28.2 Å². The van der Waals surface area contributed by atoms with Crippen LogP contribution in [0.4, 0.5) is 0 Å². The average Bonchev–Trinajstić information content (AvgIpc) is 2.25. The van der Waals surface area contributed by atoms with Crippen molar-refractivity contribution < 1.29 is 9.53 Å². The number of carbonyl (C=O) groups excluding carboxylic acids is 1. The third-order valence-electron chi connectivity index (χ3n) is 2.07. The molecule has 1 rings (SSSR count). The van der Waals surface area contributed by atoms with Crippen molar-refractivity contribution >= 4 is 21.7 Å². The van der Waals surface area contributed by atoms with E-state index >= 15 is 0 Å². The lowest BCUT2D eigenvalue weighted by molar-refractivity contribution is 0.0978. The number of ether oxygens (including phenoxy) is 1. The molecule has 82 valence electrons. The van der Waals surface area contributed by atoms with Crippen molar-refractivity contribution in [2.24, 2.45) is 5.73 Å². The fourth-order valence-corrected chi connectivity index (χ4v) is 1.66. The van der Waals surface area contributed by atoms with Gasteiger partial charge in [-0.2, -0.15) is 0 Å². The summed E-state index contributed by atoms with van der Waals surface area (Å²) in [5, 5.41) is 0. The Balaban J connectivity index is 2.90. The summed E-state index contributed by atoms with van der Waals surface area (Å²) >= 11 is 3.33. The van der Waals surface area contributed by atoms with E-state index in [0.29, 0.717) is 30.7 Å². The van der Waals surface area contributed by atoms with Crippen molar-refractivity contribution in [3.8, 4) is 5.75 Å². The predicted molar refractivity (Wildman–Crippen MR) is 63.3 cm³/mol. The van der Waals surface area contributed by atoms with Gasteiger partial charge in [-0.1, -0.05) is 15.9 Å². The van der Waals surface area contributed by atoms with Crippen LogP contribution < -0.4 is 10.5 Å². The first kappa shape index (κ1) is 12.2. The highest BCUT2D eigenvalue weighted by molar-refractivity contribution is 9.10. The van der Waals surface area contributed by atoms with Crippen LogP contribution in [0.1, 0.15) is 23.2 Å². The second kappa shape index (κ2) is 5.88. The van der Waals surface area contributed by atoms with Crippen LogP contribution in [0.15, 0.2) is 22.7 Å². The molecule has 0 heterocycles. The molecule has 0 aromatic heterocycles. The summed E-state index contributed by atoms with van der Waals surface area (Å²) in [5.74, 6) is 0.679. The summed E-state index contributed by atoms with van der Waals surface area (Å²) in [6, 6.07) is 5.40. The van der Waals surface area contributed by atoms with Crippen LogP contribution in [0, 0.1) is 0 Å². The molecule has 4 heteroatoms. The van der Waals surface area contributed by atoms with Crippen molar-refractivity contribution in [1.82, 2.24) is 0 Å². The number of ketones is 1. The van der Waals surface area contributed by atoms with Crippen LogP contribution in [0.25, 0.3) is 0 Å². The number of Topliss-reactive ketones (excluding diaryl/α,β-unsaturated/α-hetero) is 1. The molecule has 0 fully saturated rings. The highest BCUT2D eigenvalue weighted by Gasteiger charge is 2.11. The monoisotopic (exact) mass is 271 g/mol. The van der Waals surface area contributed by atoms with Gasteiger partial charge in [-0.3, -0.25) is 4.79 Å². The Morgan fingerprint density at radius 2 is 2.27 bits per heavy atom. The van der Waals surface area contributed by atoms with E-state index in [2.05, 4.69) is 15.9 Å². The second-order valence-electron chi connectivity index (χ2n) is 3.16. The minimum absolute atomic E-state index is 0.0681. The van der Waals surface area contributed by atoms with Gasteiger partial charge < -0.3 is 10.5 Å². The van der Waals surface area contributed by atoms with Crippen molar-refractivity contribution in [2.45, 2.75) is 12.8 Å². The number of nitrogens with two attached hydrogens (primary N) is 1. The lowest BCUT2D eigenvalue weighted by Crippen LogP contribution is -2.06. The van der Waals surface area contributed by atoms with Gasteiger partial charge >= 0.3 is 0 Å². The molecular formula is C11H14BrNO2. The Hall–Kier alpha value is -0.870. The predicted octanol–water partition coefficient (Wildman–Crippen LogP) is 2.38. The van der Waals surface area contributed by atoms with Gasteiger partial charge in [0.2, 0.25) is 0 Å². The molecule has 0 spiro atoms. The van der Waals surface area contributed by atoms with Crippen LogP contribution in [-0.4, -0.2) is 19.4 Å². The Morgan fingerprint density at radius 3 is 2.87 bits per heavy atom. The molecule has 0 radical (unpaired) electrons. The zero-order chi connectivity index (χ0) is 11.3. The molecule has 0 atom stereocenters. The minimum Gasteiger partial charge on any atom is -0.496 e. The van der Waals surface area contributed by atoms with Crippen LogP contribution in [-0.2, 0) is 0 Å². The first-order chi connectivity index (χ1) is 7.19. The topological polar surface area (TPSA) is 52.3 Å². The van der Waals surface area contributed by atoms with Gasteiger partial charge in [-0.15, -0.1) is 0 Å². The Bertz CT molecular complexity index is 352. The molecule has 0 saturated heterocycles. The normalized spacial score (nSPS) is 10.1. The van der Waals surface area contributed by atoms with E-state index in [0.717, 1.165) is 4.47 Å². The Labute approximate surface area is 97.7 Å². The number of hydrogen-bond acceptors (Lipinski definition) is 3. The molecule has 0 aliphatic rings. The summed E-state index contributed by atoms with van der Waals surface area (Å²) in [6.07, 6.45) is 1.16. The Kier molecular flexibility index (Phi) is 4.78. The molecule has 1 aromatic carbocycles. The molecule has 0 unspecified atom stereocenters. The van der Waals surface area contributed by atoms with E-state index in [1.807, 2.05) is 6.07 Å². The largest absolute Gasteiger partial charge is 0.496 e. The van der Waals surface area contributed by atoms with Crippen LogP contribution in [0.2, 0.25) is 0 Å². The summed E-state index contributed by atoms with van der Waals surface area (Å²) in [6.45, 7) is 0.530. The molecule has 3 nitrogen and oxygen atoms in total. The number of benzene rings is 1. The van der Waals surface area contributed by atoms with Crippen molar-refractivity contribution in [3.63, 3.8) is 0 Å². The quantitative estimate of drug-likeness (QED) is 0.837. The molecule has 0 bridgehead atoms. The molecule has 0 saturated carbocycles. The number of rotatable bonds is 5. The van der Waals surface area contributed by atoms with Crippen LogP contribution >= 0.6 is 15.9 Å². The molecule has 0 amide bonds. The zero-order valence-electron chi connectivity index (χ0n) is 8.63. The zero-order valence-corrected chi connectivity index (χ0v) is 10.2. The van der Waals surface area contributed by atoms with Gasteiger partial charge in [0.05, 0.1) is 12.7 Å². The van der Waals surface area contributed by atoms with E-state index in [1.54, 1.807) is 19.2 Å². The lowest BCUT2D eigenvalue weighted by atomic mass is 10.1. The van der Waals surface area contributed by atoms with Gasteiger partial charge in [-0.25, -0.2) is 0 Å². The summed E-state index contributed by atoms with van der Waals surface area (Å²) in [7, 11) is 1.56. The van der Waals surface area contributed by atoms with Gasteiger partial charge in [0.15, 0.2) is 5.78 Å². The maximum absolute atomic E-state index is 11.8. The van der Waals surface area contributed by atoms with E-state index in [9.17, 15) is 4.79 Å². The van der Waals surface area contributed by atoms with Crippen molar-refractivity contribution in [1.29, 1.82) is 0 Å². The third-order valence-corrected chi connectivity index (χ3v) is 2.56. The fraction of sp³-hybridized carbons (Fsp3) is 0.364. The molecule has 0 aliphatic carbocycles. The third kappa shape index (κ3) is 3.32. The number of methoxy groups -OCH3 is 1. The molecule has 2 N–H and O–H groups in total. The first-order valence-corrected chi connectivity index (χ1v) is 5.55. The molecule has 15 heavy (non-hydrogen) atoms. The van der Waals surface area contributed by atoms with Crippen LogP contribution in [0.5, 0.6) is 5.75 Å². The smallest absolute Gasteiger partial charge is 0.166 e. The van der Waals surface area contributed by atoms with Crippen molar-refractivity contribution in [2.75, 3.05) is 13.7 Å². The molecular weight excluding hydrogens is 258 g/mol. The number of hydrogen-bond donors (Lipinski definition) is 1. The Morgan fingerprint density at radius 1 is 1.53 bits per heavy atom. The van der Waals surface area contributed by atoms with Crippen LogP contribution in [0.3, 0.4) is 0 Å². The SMILES string of the molecule is COc1ccc(Br)cc1C(=O)CCCN. The average molecular weight is 272 g/mol. The summed E-state index contributed by atoms with van der Waals surface area (Å²) < 4.78 is 6.00. The van der Waals surface area contributed by atoms with Gasteiger partial charge in [-0.05, 0) is 31.2 Å². The number of carbonyl (C=O) groups is 1. The van der Waals surface area contributed by atoms with E-state index in [-0.39, 0.29) is 5.78 Å². The van der Waals surface area contributed by atoms with Gasteiger partial charge in [0, 0.05) is 10.9 Å². The standard InChI is InChI=1S/C11H14BrNO2/c1-15-11-5-4-8(12)7-9(11)10(14)3-2-6-13/h4-5,7H,2-3,6,13H2,1H3. The maximum atomic E-state index is 11.8. The highest BCUT2D eigenvalue weighted by atomic mass is 79.9. The molecule has 0 aliphatic heterocycles. The first-order valence-electron chi connectivity index (χ1n) is 4.76. The summed E-state index contributed by atoms with van der Waals surface area (Å²) in [5.41, 5.74) is 5.97. The minimum atomic E-state index is 0.0681. The van der Waals surface area contributed by atoms with E-state index < -0.39 is 0 Å². The molecule has 1 aromatic rings. The van der Waals surface area contributed by atoms with Gasteiger partial charge in [0.25, 0.3) is 0 Å². The summed E-state index contributed by atoms with van der Waals surface area (Å²) in [4.78, 5) is 11.8. The second-order valence-corrected chi connectivity index (χ2v) is 4.08. The van der Waals surface area contributed by atoms with E-state index in [4.69, 9.17) is 10.5 Å². The highest BCUT2D eigenvalue weighted by Crippen LogP contribution is 2.24. The van der Waals surface area contributed by atoms with Gasteiger partial charge in [0.1, 0.15) is 5.75 Å².